The van der Waals surface area contributed by atoms with Crippen LogP contribution in [0.2, 0.25) is 0 Å². The highest BCUT2D eigenvalue weighted by Crippen LogP contribution is 2.17. The fraction of sp³-hybridized carbons (Fsp3) is 0.400. The molecule has 1 atom stereocenters. The third-order valence-corrected chi connectivity index (χ3v) is 4.28. The predicted octanol–water partition coefficient (Wildman–Crippen LogP) is 3.84. The van der Waals surface area contributed by atoms with Crippen molar-refractivity contribution in [1.82, 2.24) is 5.32 Å². The molecule has 1 fully saturated rings. The number of nitrogens with one attached hydrogen (secondary N) is 1. The fourth-order valence-corrected chi connectivity index (χ4v) is 2.86. The highest BCUT2D eigenvalue weighted by molar-refractivity contribution is 5.30. The minimum Gasteiger partial charge on any atom is -0.489 e. The second kappa shape index (κ2) is 8.14. The Balaban J connectivity index is 1.49. The molecule has 3 nitrogen and oxygen atoms in total. The smallest absolute Gasteiger partial charge is 0.120 e. The molecule has 3 rings (SSSR count). The van der Waals surface area contributed by atoms with Gasteiger partial charge in [0.2, 0.25) is 0 Å². The summed E-state index contributed by atoms with van der Waals surface area (Å²) in [6, 6.07) is 16.6. The Bertz CT molecular complexity index is 621. The molecule has 0 unspecified atom stereocenters. The number of hydrogen-bond acceptors (Lipinski definition) is 3. The maximum Gasteiger partial charge on any atom is 0.120 e. The van der Waals surface area contributed by atoms with E-state index in [0.29, 0.717) is 12.7 Å². The molecule has 1 aliphatic heterocycles. The topological polar surface area (TPSA) is 30.5 Å². The quantitative estimate of drug-likeness (QED) is 0.842. The molecule has 0 bridgehead atoms. The van der Waals surface area contributed by atoms with Gasteiger partial charge in [0.25, 0.3) is 0 Å². The molecule has 122 valence electrons. The summed E-state index contributed by atoms with van der Waals surface area (Å²) in [6.07, 6.45) is 2.75. The van der Waals surface area contributed by atoms with Crippen molar-refractivity contribution in [2.24, 2.45) is 0 Å². The number of hydrogen-bond donors (Lipinski definition) is 1. The van der Waals surface area contributed by atoms with Crippen LogP contribution in [0.1, 0.15) is 29.5 Å². The third kappa shape index (κ3) is 4.81. The van der Waals surface area contributed by atoms with Gasteiger partial charge in [0.1, 0.15) is 12.4 Å². The summed E-state index contributed by atoms with van der Waals surface area (Å²) in [5.74, 6) is 0.921. The first-order chi connectivity index (χ1) is 11.3. The largest absolute Gasteiger partial charge is 0.489 e. The van der Waals surface area contributed by atoms with E-state index in [1.165, 1.54) is 29.5 Å². The molecule has 0 aliphatic carbocycles. The van der Waals surface area contributed by atoms with Gasteiger partial charge in [-0.3, -0.25) is 0 Å². The SMILES string of the molecule is Cc1ccccc1COc1cccc(CNC[C@H]2CCCO2)c1. The van der Waals surface area contributed by atoms with Crippen LogP contribution in [0.25, 0.3) is 0 Å². The van der Waals surface area contributed by atoms with Crippen molar-refractivity contribution in [3.8, 4) is 5.75 Å². The van der Waals surface area contributed by atoms with Crippen LogP contribution in [-0.2, 0) is 17.9 Å². The van der Waals surface area contributed by atoms with E-state index >= 15 is 0 Å². The van der Waals surface area contributed by atoms with Crippen molar-refractivity contribution < 1.29 is 9.47 Å². The Hall–Kier alpha value is -1.84. The lowest BCUT2D eigenvalue weighted by Gasteiger charge is -2.12. The summed E-state index contributed by atoms with van der Waals surface area (Å²) >= 11 is 0. The van der Waals surface area contributed by atoms with Gasteiger partial charge in [-0.25, -0.2) is 0 Å². The van der Waals surface area contributed by atoms with Gasteiger partial charge >= 0.3 is 0 Å². The van der Waals surface area contributed by atoms with Crippen LogP contribution < -0.4 is 10.1 Å². The summed E-state index contributed by atoms with van der Waals surface area (Å²) in [5, 5.41) is 3.47. The van der Waals surface area contributed by atoms with Crippen LogP contribution in [0.15, 0.2) is 48.5 Å². The standard InChI is InChI=1S/C20H25NO2/c1-16-6-2-3-8-18(16)15-23-19-9-4-7-17(12-19)13-21-14-20-10-5-11-22-20/h2-4,6-9,12,20-21H,5,10-11,13-15H2,1H3/t20-/m1/s1. The second-order valence-corrected chi connectivity index (χ2v) is 6.13. The zero-order valence-corrected chi connectivity index (χ0v) is 13.8. The van der Waals surface area contributed by atoms with Gasteiger partial charge in [-0.2, -0.15) is 0 Å². The van der Waals surface area contributed by atoms with Crippen molar-refractivity contribution in [3.63, 3.8) is 0 Å². The summed E-state index contributed by atoms with van der Waals surface area (Å²) < 4.78 is 11.6. The van der Waals surface area contributed by atoms with E-state index in [1.54, 1.807) is 0 Å². The van der Waals surface area contributed by atoms with Gasteiger partial charge in [0.05, 0.1) is 6.10 Å². The summed E-state index contributed by atoms with van der Waals surface area (Å²) in [4.78, 5) is 0. The van der Waals surface area contributed by atoms with E-state index in [4.69, 9.17) is 9.47 Å². The number of ether oxygens (including phenoxy) is 2. The molecule has 0 saturated carbocycles. The van der Waals surface area contributed by atoms with Crippen molar-refractivity contribution in [2.45, 2.75) is 39.0 Å². The zero-order chi connectivity index (χ0) is 15.9. The van der Waals surface area contributed by atoms with Gasteiger partial charge in [-0.15, -0.1) is 0 Å². The van der Waals surface area contributed by atoms with Crippen LogP contribution in [-0.4, -0.2) is 19.3 Å². The fourth-order valence-electron chi connectivity index (χ4n) is 2.86. The lowest BCUT2D eigenvalue weighted by atomic mass is 10.1. The zero-order valence-electron chi connectivity index (χ0n) is 13.8. The van der Waals surface area contributed by atoms with E-state index in [1.807, 2.05) is 6.07 Å². The normalized spacial score (nSPS) is 17.3. The average molecular weight is 311 g/mol. The molecule has 0 radical (unpaired) electrons. The highest BCUT2D eigenvalue weighted by Gasteiger charge is 2.14. The molecule has 1 heterocycles. The monoisotopic (exact) mass is 311 g/mol. The first kappa shape index (κ1) is 16.0. The molecule has 3 heteroatoms. The summed E-state index contributed by atoms with van der Waals surface area (Å²) in [5.41, 5.74) is 3.74. The van der Waals surface area contributed by atoms with Crippen molar-refractivity contribution >= 4 is 0 Å². The number of benzene rings is 2. The minimum atomic E-state index is 0.385. The molecule has 23 heavy (non-hydrogen) atoms. The number of rotatable bonds is 7. The second-order valence-electron chi connectivity index (χ2n) is 6.13. The Labute approximate surface area is 138 Å². The van der Waals surface area contributed by atoms with E-state index in [-0.39, 0.29) is 0 Å². The average Bonchev–Trinajstić information content (AvgIpc) is 3.08. The lowest BCUT2D eigenvalue weighted by Crippen LogP contribution is -2.25. The summed E-state index contributed by atoms with van der Waals surface area (Å²) in [7, 11) is 0. The predicted molar refractivity (Wildman–Crippen MR) is 92.6 cm³/mol. The Kier molecular flexibility index (Phi) is 5.67. The van der Waals surface area contributed by atoms with Crippen LogP contribution >= 0.6 is 0 Å². The van der Waals surface area contributed by atoms with Gasteiger partial charge in [-0.1, -0.05) is 36.4 Å². The maximum absolute atomic E-state index is 5.94. The van der Waals surface area contributed by atoms with Crippen molar-refractivity contribution in [1.29, 1.82) is 0 Å². The molecule has 0 amide bonds. The van der Waals surface area contributed by atoms with Gasteiger partial charge < -0.3 is 14.8 Å². The molecule has 0 spiro atoms. The minimum absolute atomic E-state index is 0.385. The van der Waals surface area contributed by atoms with Crippen molar-refractivity contribution in [2.75, 3.05) is 13.2 Å². The molecular weight excluding hydrogens is 286 g/mol. The highest BCUT2D eigenvalue weighted by atomic mass is 16.5. The molecule has 2 aromatic rings. The van der Waals surface area contributed by atoms with Crippen LogP contribution in [0, 0.1) is 6.92 Å². The van der Waals surface area contributed by atoms with E-state index in [0.717, 1.165) is 25.4 Å². The van der Waals surface area contributed by atoms with Crippen LogP contribution in [0.5, 0.6) is 5.75 Å². The summed E-state index contributed by atoms with van der Waals surface area (Å²) in [6.45, 7) is 5.41. The molecule has 2 aromatic carbocycles. The Morgan fingerprint density at radius 2 is 2.09 bits per heavy atom. The molecule has 1 aliphatic rings. The van der Waals surface area contributed by atoms with E-state index < -0.39 is 0 Å². The van der Waals surface area contributed by atoms with E-state index in [9.17, 15) is 0 Å². The first-order valence-electron chi connectivity index (χ1n) is 8.40. The van der Waals surface area contributed by atoms with Gasteiger partial charge in [0.15, 0.2) is 0 Å². The first-order valence-corrected chi connectivity index (χ1v) is 8.40. The van der Waals surface area contributed by atoms with Gasteiger partial charge in [0, 0.05) is 19.7 Å². The van der Waals surface area contributed by atoms with Crippen LogP contribution in [0.4, 0.5) is 0 Å². The molecular formula is C20H25NO2. The molecule has 1 saturated heterocycles. The Morgan fingerprint density at radius 3 is 2.91 bits per heavy atom. The molecule has 1 N–H and O–H groups in total. The van der Waals surface area contributed by atoms with E-state index in [2.05, 4.69) is 54.7 Å². The lowest BCUT2D eigenvalue weighted by molar-refractivity contribution is 0.110. The third-order valence-electron chi connectivity index (χ3n) is 4.28. The van der Waals surface area contributed by atoms with Gasteiger partial charge in [-0.05, 0) is 48.6 Å². The number of aryl methyl sites for hydroxylation is 1. The van der Waals surface area contributed by atoms with Crippen molar-refractivity contribution in [3.05, 3.63) is 65.2 Å². The maximum atomic E-state index is 5.94. The molecule has 0 aromatic heterocycles. The Morgan fingerprint density at radius 1 is 1.17 bits per heavy atom. The van der Waals surface area contributed by atoms with Crippen LogP contribution in [0.3, 0.4) is 0 Å².